The van der Waals surface area contributed by atoms with Gasteiger partial charge in [-0.2, -0.15) is 8.42 Å². The lowest BCUT2D eigenvalue weighted by atomic mass is 10.1. The zero-order valence-corrected chi connectivity index (χ0v) is 14.4. The van der Waals surface area contributed by atoms with Gasteiger partial charge in [-0.3, -0.25) is 4.55 Å². The lowest BCUT2D eigenvalue weighted by Gasteiger charge is -2.13. The highest BCUT2D eigenvalue weighted by molar-refractivity contribution is 7.86. The Morgan fingerprint density at radius 1 is 1.00 bits per heavy atom. The molecule has 0 aliphatic heterocycles. The van der Waals surface area contributed by atoms with Crippen molar-refractivity contribution in [3.63, 3.8) is 0 Å². The fourth-order valence-electron chi connectivity index (χ4n) is 2.45. The Balaban J connectivity index is 2.26. The van der Waals surface area contributed by atoms with Gasteiger partial charge < -0.3 is 9.84 Å². The van der Waals surface area contributed by atoms with E-state index in [0.717, 1.165) is 37.3 Å². The van der Waals surface area contributed by atoms with Crippen molar-refractivity contribution < 1.29 is 22.8 Å². The van der Waals surface area contributed by atoms with Crippen LogP contribution in [0.2, 0.25) is 0 Å². The Bertz CT molecular complexity index is 784. The fraction of sp³-hybridized carbons (Fsp3) is 0.333. The number of unbranched alkanes of at least 4 members (excludes halogenated alkanes) is 3. The minimum Gasteiger partial charge on any atom is -0.508 e. The first-order valence-electron chi connectivity index (χ1n) is 7.98. The van der Waals surface area contributed by atoms with Crippen molar-refractivity contribution in [3.05, 3.63) is 48.0 Å². The van der Waals surface area contributed by atoms with Crippen LogP contribution < -0.4 is 4.74 Å². The minimum atomic E-state index is -4.50. The molecular weight excluding hydrogens is 328 g/mol. The minimum absolute atomic E-state index is 0.0173. The van der Waals surface area contributed by atoms with Crippen molar-refractivity contribution in [2.24, 2.45) is 0 Å². The highest BCUT2D eigenvalue weighted by Gasteiger charge is 2.19. The topological polar surface area (TPSA) is 83.8 Å². The maximum absolute atomic E-state index is 11.5. The van der Waals surface area contributed by atoms with E-state index in [0.29, 0.717) is 5.75 Å². The Hall–Kier alpha value is -2.05. The van der Waals surface area contributed by atoms with Crippen LogP contribution in [-0.2, 0) is 16.5 Å². The van der Waals surface area contributed by atoms with Crippen molar-refractivity contribution in [1.82, 2.24) is 0 Å². The summed E-state index contributed by atoms with van der Waals surface area (Å²) in [6.07, 6.45) is 5.31. The third-order valence-electron chi connectivity index (χ3n) is 3.70. The summed E-state index contributed by atoms with van der Waals surface area (Å²) in [5.74, 6) is 0.267. The molecule has 5 nitrogen and oxygen atoms in total. The van der Waals surface area contributed by atoms with Gasteiger partial charge in [-0.05, 0) is 36.6 Å². The molecule has 0 aliphatic rings. The first kappa shape index (κ1) is 18.3. The second kappa shape index (κ2) is 8.17. The molecule has 0 saturated heterocycles. The summed E-state index contributed by atoms with van der Waals surface area (Å²) in [7, 11) is -4.50. The summed E-state index contributed by atoms with van der Waals surface area (Å²) >= 11 is 0. The zero-order valence-electron chi connectivity index (χ0n) is 13.6. The normalized spacial score (nSPS) is 11.4. The maximum atomic E-state index is 11.5. The number of phenolic OH excluding ortho intramolecular Hbond substituents is 1. The molecule has 24 heavy (non-hydrogen) atoms. The molecule has 0 unspecified atom stereocenters. The average molecular weight is 350 g/mol. The molecule has 0 radical (unpaired) electrons. The van der Waals surface area contributed by atoms with Crippen molar-refractivity contribution in [2.45, 2.75) is 43.9 Å². The van der Waals surface area contributed by atoms with Crippen LogP contribution in [0.5, 0.6) is 17.2 Å². The summed E-state index contributed by atoms with van der Waals surface area (Å²) in [6, 6.07) is 11.0. The number of para-hydroxylation sites is 1. The van der Waals surface area contributed by atoms with Gasteiger partial charge >= 0.3 is 0 Å². The largest absolute Gasteiger partial charge is 0.508 e. The van der Waals surface area contributed by atoms with E-state index < -0.39 is 15.0 Å². The van der Waals surface area contributed by atoms with Crippen LogP contribution in [0.3, 0.4) is 0 Å². The highest BCUT2D eigenvalue weighted by Crippen LogP contribution is 2.33. The number of hydrogen-bond donors (Lipinski definition) is 2. The summed E-state index contributed by atoms with van der Waals surface area (Å²) in [5, 5.41) is 9.46. The molecule has 0 heterocycles. The van der Waals surface area contributed by atoms with Gasteiger partial charge in [0.05, 0.1) is 0 Å². The van der Waals surface area contributed by atoms with Crippen LogP contribution in [0.4, 0.5) is 0 Å². The molecule has 2 rings (SSSR count). The van der Waals surface area contributed by atoms with Gasteiger partial charge in [-0.1, -0.05) is 44.4 Å². The molecule has 0 aliphatic carbocycles. The van der Waals surface area contributed by atoms with Crippen LogP contribution in [0, 0.1) is 0 Å². The molecule has 2 aromatic carbocycles. The van der Waals surface area contributed by atoms with Crippen LogP contribution >= 0.6 is 0 Å². The smallest absolute Gasteiger partial charge is 0.298 e. The quantitative estimate of drug-likeness (QED) is 0.539. The summed E-state index contributed by atoms with van der Waals surface area (Å²) in [6.45, 7) is 2.15. The molecule has 130 valence electrons. The molecule has 0 saturated carbocycles. The van der Waals surface area contributed by atoms with Gasteiger partial charge in [0.15, 0.2) is 0 Å². The number of benzene rings is 2. The summed E-state index contributed by atoms with van der Waals surface area (Å²) in [5.41, 5.74) is 0.975. The molecule has 0 bridgehead atoms. The predicted molar refractivity (Wildman–Crippen MR) is 92.3 cm³/mol. The highest BCUT2D eigenvalue weighted by atomic mass is 32.2. The summed E-state index contributed by atoms with van der Waals surface area (Å²) in [4.78, 5) is -0.455. The average Bonchev–Trinajstić information content (AvgIpc) is 2.53. The molecular formula is C18H22O5S. The molecule has 0 aromatic heterocycles. The van der Waals surface area contributed by atoms with Gasteiger partial charge in [0, 0.05) is 6.07 Å². The predicted octanol–water partition coefficient (Wildman–Crippen LogP) is 4.55. The molecule has 0 amide bonds. The third kappa shape index (κ3) is 4.97. The second-order valence-electron chi connectivity index (χ2n) is 5.63. The van der Waals surface area contributed by atoms with Crippen molar-refractivity contribution in [1.29, 1.82) is 0 Å². The fourth-order valence-corrected chi connectivity index (χ4v) is 3.09. The lowest BCUT2D eigenvalue weighted by molar-refractivity contribution is 0.435. The van der Waals surface area contributed by atoms with Crippen molar-refractivity contribution in [3.8, 4) is 17.2 Å². The van der Waals surface area contributed by atoms with E-state index in [1.807, 2.05) is 12.1 Å². The molecule has 0 spiro atoms. The van der Waals surface area contributed by atoms with E-state index >= 15 is 0 Å². The molecule has 0 atom stereocenters. The Kier molecular flexibility index (Phi) is 6.23. The SMILES string of the molecule is CCCCCCc1ccccc1Oc1ccc(O)cc1S(=O)(=O)O. The summed E-state index contributed by atoms with van der Waals surface area (Å²) < 4.78 is 38.0. The molecule has 2 N–H and O–H groups in total. The van der Waals surface area contributed by atoms with E-state index in [-0.39, 0.29) is 11.5 Å². The number of rotatable bonds is 8. The van der Waals surface area contributed by atoms with Crippen LogP contribution in [0.1, 0.15) is 38.2 Å². The third-order valence-corrected chi connectivity index (χ3v) is 4.57. The second-order valence-corrected chi connectivity index (χ2v) is 7.02. The Morgan fingerprint density at radius 3 is 2.46 bits per heavy atom. The van der Waals surface area contributed by atoms with Crippen molar-refractivity contribution in [2.75, 3.05) is 0 Å². The first-order valence-corrected chi connectivity index (χ1v) is 9.42. The first-order chi connectivity index (χ1) is 11.4. The van der Waals surface area contributed by atoms with Crippen molar-refractivity contribution >= 4 is 10.1 Å². The van der Waals surface area contributed by atoms with Gasteiger partial charge in [0.2, 0.25) is 0 Å². The van der Waals surface area contributed by atoms with Gasteiger partial charge in [0.1, 0.15) is 22.1 Å². The van der Waals surface area contributed by atoms with E-state index in [1.54, 1.807) is 12.1 Å². The Labute approximate surface area is 142 Å². The number of phenols is 1. The van der Waals surface area contributed by atoms with Gasteiger partial charge in [-0.25, -0.2) is 0 Å². The number of aromatic hydroxyl groups is 1. The van der Waals surface area contributed by atoms with Crippen LogP contribution in [0.25, 0.3) is 0 Å². The monoisotopic (exact) mass is 350 g/mol. The van der Waals surface area contributed by atoms with Gasteiger partial charge in [-0.15, -0.1) is 0 Å². The lowest BCUT2D eigenvalue weighted by Crippen LogP contribution is -2.02. The van der Waals surface area contributed by atoms with Gasteiger partial charge in [0.25, 0.3) is 10.1 Å². The van der Waals surface area contributed by atoms with Crippen LogP contribution in [0.15, 0.2) is 47.4 Å². The number of hydrogen-bond acceptors (Lipinski definition) is 4. The molecule has 6 heteroatoms. The number of ether oxygens (including phenoxy) is 1. The maximum Gasteiger partial charge on any atom is 0.298 e. The van der Waals surface area contributed by atoms with E-state index in [2.05, 4.69) is 6.92 Å². The van der Waals surface area contributed by atoms with E-state index in [9.17, 15) is 18.1 Å². The van der Waals surface area contributed by atoms with E-state index in [4.69, 9.17) is 4.74 Å². The zero-order chi connectivity index (χ0) is 17.6. The molecule has 2 aromatic rings. The van der Waals surface area contributed by atoms with E-state index in [1.165, 1.54) is 18.6 Å². The Morgan fingerprint density at radius 2 is 1.75 bits per heavy atom. The number of aryl methyl sites for hydroxylation is 1. The standard InChI is InChI=1S/C18H22O5S/c1-2-3-4-5-8-14-9-6-7-10-16(14)23-17-12-11-15(19)13-18(17)24(20,21)22/h6-7,9-13,19H,2-5,8H2,1H3,(H,20,21,22). The molecule has 0 fully saturated rings. The van der Waals surface area contributed by atoms with Crippen LogP contribution in [-0.4, -0.2) is 18.1 Å².